The van der Waals surface area contributed by atoms with Crippen LogP contribution in [0.4, 0.5) is 10.1 Å². The zero-order chi connectivity index (χ0) is 31.6. The van der Waals surface area contributed by atoms with Crippen molar-refractivity contribution in [2.75, 3.05) is 38.1 Å². The average Bonchev–Trinajstić information content (AvgIpc) is 3.46. The maximum absolute atomic E-state index is 15.0. The number of allylic oxidation sites excluding steroid dienone is 3. The van der Waals surface area contributed by atoms with Crippen molar-refractivity contribution in [3.63, 3.8) is 0 Å². The highest BCUT2D eigenvalue weighted by atomic mass is 19.1. The van der Waals surface area contributed by atoms with Gasteiger partial charge in [-0.25, -0.2) is 14.2 Å². The number of likely N-dealkylation sites (N-methyl/N-ethyl adjacent to an activating group) is 1. The number of nitrogens with zero attached hydrogens (tertiary/aromatic N) is 4. The Bertz CT molecular complexity index is 1590. The first-order valence-corrected chi connectivity index (χ1v) is 14.2. The van der Waals surface area contributed by atoms with E-state index in [0.717, 1.165) is 60.7 Å². The fraction of sp³-hybridized carbons (Fsp3) is 0.265. The molecule has 0 spiro atoms. The molecule has 1 fully saturated rings. The Hall–Kier alpha value is -4.96. The maximum atomic E-state index is 15.0. The number of piperazine rings is 1. The van der Waals surface area contributed by atoms with Crippen LogP contribution in [0.2, 0.25) is 0 Å². The summed E-state index contributed by atoms with van der Waals surface area (Å²) < 4.78 is 21.2. The Labute approximate surface area is 256 Å². The van der Waals surface area contributed by atoms with Crippen LogP contribution in [0.15, 0.2) is 73.3 Å². The average molecular weight is 599 g/mol. The van der Waals surface area contributed by atoms with Gasteiger partial charge in [0, 0.05) is 51.5 Å². The molecule has 1 saturated heterocycles. The predicted molar refractivity (Wildman–Crippen MR) is 167 cm³/mol. The van der Waals surface area contributed by atoms with Crippen molar-refractivity contribution in [3.8, 4) is 11.6 Å². The third kappa shape index (κ3) is 9.02. The molecule has 5 rings (SSSR count). The fourth-order valence-corrected chi connectivity index (χ4v) is 4.75. The van der Waals surface area contributed by atoms with Crippen molar-refractivity contribution in [1.29, 1.82) is 0 Å². The minimum Gasteiger partial charge on any atom is -0.478 e. The topological polar surface area (TPSA) is 113 Å². The lowest BCUT2D eigenvalue weighted by atomic mass is 10.1. The lowest BCUT2D eigenvalue weighted by Crippen LogP contribution is -2.44. The molecule has 0 unspecified atom stereocenters. The van der Waals surface area contributed by atoms with Gasteiger partial charge in [0.2, 0.25) is 5.88 Å². The number of carboxylic acids is 1. The first-order chi connectivity index (χ1) is 21.1. The molecule has 9 nitrogen and oxygen atoms in total. The number of rotatable bonds is 10. The Morgan fingerprint density at radius 1 is 1.05 bits per heavy atom. The summed E-state index contributed by atoms with van der Waals surface area (Å²) in [5.74, 6) is 0.0164. The number of aromatic nitrogens is 2. The van der Waals surface area contributed by atoms with Gasteiger partial charge < -0.3 is 19.6 Å². The summed E-state index contributed by atoms with van der Waals surface area (Å²) in [5, 5.41) is 7.92. The molecule has 2 aromatic carbocycles. The van der Waals surface area contributed by atoms with Crippen LogP contribution in [0.5, 0.6) is 11.6 Å². The van der Waals surface area contributed by atoms with Gasteiger partial charge in [0.25, 0.3) is 0 Å². The molecule has 2 heterocycles. The van der Waals surface area contributed by atoms with Crippen molar-refractivity contribution in [3.05, 3.63) is 107 Å². The second-order valence-corrected chi connectivity index (χ2v) is 10.5. The van der Waals surface area contributed by atoms with Crippen molar-refractivity contribution in [1.82, 2.24) is 14.9 Å². The largest absolute Gasteiger partial charge is 0.478 e. The molecule has 2 aliphatic rings. The number of carbonyl (C=O) groups excluding carboxylic acids is 2. The quantitative estimate of drug-likeness (QED) is 0.328. The number of anilines is 1. The molecule has 1 aliphatic carbocycles. The van der Waals surface area contributed by atoms with E-state index < -0.39 is 5.97 Å². The van der Waals surface area contributed by atoms with Gasteiger partial charge >= 0.3 is 5.97 Å². The van der Waals surface area contributed by atoms with Crippen LogP contribution in [0, 0.1) is 5.82 Å². The highest BCUT2D eigenvalue weighted by Gasteiger charge is 2.20. The van der Waals surface area contributed by atoms with Crippen molar-refractivity contribution < 1.29 is 28.6 Å². The van der Waals surface area contributed by atoms with Crippen molar-refractivity contribution in [2.24, 2.45) is 0 Å². The van der Waals surface area contributed by atoms with E-state index >= 15 is 4.39 Å². The Morgan fingerprint density at radius 2 is 1.82 bits per heavy atom. The SMILES string of the molecule is C=CC(=O)Cc1cccc(Oc2nc(Cc3ccc(N4CCN(C)CC4)c(F)c3)nc3c2C=CC3)c1.CC(=O)/C=C\C(=O)O. The lowest BCUT2D eigenvalue weighted by molar-refractivity contribution is -0.131. The fourth-order valence-electron chi connectivity index (χ4n) is 4.75. The van der Waals surface area contributed by atoms with E-state index in [1.54, 1.807) is 6.07 Å². The summed E-state index contributed by atoms with van der Waals surface area (Å²) in [6.07, 6.45) is 8.49. The molecule has 1 N–H and O–H groups in total. The van der Waals surface area contributed by atoms with E-state index in [1.165, 1.54) is 13.0 Å². The summed E-state index contributed by atoms with van der Waals surface area (Å²) in [4.78, 5) is 45.2. The zero-order valence-electron chi connectivity index (χ0n) is 24.8. The molecular formula is C34H35FN4O5. The number of benzene rings is 2. The van der Waals surface area contributed by atoms with Crippen molar-refractivity contribution >= 4 is 29.3 Å². The van der Waals surface area contributed by atoms with Gasteiger partial charge in [0.05, 0.1) is 16.9 Å². The second-order valence-electron chi connectivity index (χ2n) is 10.5. The van der Waals surface area contributed by atoms with Crippen LogP contribution in [-0.4, -0.2) is 70.7 Å². The van der Waals surface area contributed by atoms with Gasteiger partial charge in [0.15, 0.2) is 11.6 Å². The van der Waals surface area contributed by atoms with Gasteiger partial charge in [-0.1, -0.05) is 36.9 Å². The molecule has 3 aromatic rings. The van der Waals surface area contributed by atoms with Gasteiger partial charge in [-0.05, 0) is 61.5 Å². The predicted octanol–water partition coefficient (Wildman–Crippen LogP) is 4.83. The molecule has 0 saturated carbocycles. The second kappa shape index (κ2) is 15.0. The van der Waals surface area contributed by atoms with E-state index in [9.17, 15) is 14.4 Å². The summed E-state index contributed by atoms with van der Waals surface area (Å²) in [6, 6.07) is 12.8. The molecule has 10 heteroatoms. The summed E-state index contributed by atoms with van der Waals surface area (Å²) >= 11 is 0. The number of ether oxygens (including phenoxy) is 1. The lowest BCUT2D eigenvalue weighted by Gasteiger charge is -2.34. The molecule has 1 aromatic heterocycles. The molecule has 0 amide bonds. The molecule has 44 heavy (non-hydrogen) atoms. The van der Waals surface area contributed by atoms with Gasteiger partial charge in [-0.3, -0.25) is 9.59 Å². The normalized spacial score (nSPS) is 14.1. The Balaban J connectivity index is 0.000000488. The number of ketones is 2. The number of fused-ring (bicyclic) bond motifs is 1. The highest BCUT2D eigenvalue weighted by molar-refractivity contribution is 5.93. The minimum atomic E-state index is -1.10. The first kappa shape index (κ1) is 32.0. The number of carboxylic acid groups (broad SMARTS) is 1. The number of aliphatic carboxylic acids is 1. The van der Waals surface area contributed by atoms with Gasteiger partial charge in [-0.2, -0.15) is 4.98 Å². The number of hydrogen-bond acceptors (Lipinski definition) is 8. The summed E-state index contributed by atoms with van der Waals surface area (Å²) in [7, 11) is 2.08. The van der Waals surface area contributed by atoms with Crippen LogP contribution in [0.1, 0.15) is 35.1 Å². The van der Waals surface area contributed by atoms with Crippen LogP contribution in [-0.2, 0) is 33.6 Å². The summed E-state index contributed by atoms with van der Waals surface area (Å²) in [5.41, 5.74) is 4.04. The monoisotopic (exact) mass is 598 g/mol. The van der Waals surface area contributed by atoms with E-state index in [1.807, 2.05) is 48.6 Å². The first-order valence-electron chi connectivity index (χ1n) is 14.2. The molecule has 0 bridgehead atoms. The third-order valence-electron chi connectivity index (χ3n) is 7.03. The van der Waals surface area contributed by atoms with Crippen LogP contribution >= 0.6 is 0 Å². The molecular weight excluding hydrogens is 563 g/mol. The zero-order valence-corrected chi connectivity index (χ0v) is 24.8. The number of carbonyl (C=O) groups is 3. The van der Waals surface area contributed by atoms with E-state index in [0.29, 0.717) is 36.0 Å². The molecule has 1 aliphatic heterocycles. The molecule has 0 atom stereocenters. The van der Waals surface area contributed by atoms with Crippen LogP contribution in [0.3, 0.4) is 0 Å². The van der Waals surface area contributed by atoms with Gasteiger partial charge in [0.1, 0.15) is 17.4 Å². The van der Waals surface area contributed by atoms with E-state index in [4.69, 9.17) is 14.8 Å². The van der Waals surface area contributed by atoms with Crippen LogP contribution in [0.25, 0.3) is 6.08 Å². The molecule has 228 valence electrons. The molecule has 0 radical (unpaired) electrons. The minimum absolute atomic E-state index is 0.0498. The third-order valence-corrected chi connectivity index (χ3v) is 7.03. The van der Waals surface area contributed by atoms with E-state index in [-0.39, 0.29) is 23.8 Å². The number of hydrogen-bond donors (Lipinski definition) is 1. The highest BCUT2D eigenvalue weighted by Crippen LogP contribution is 2.31. The van der Waals surface area contributed by atoms with Crippen molar-refractivity contribution in [2.45, 2.75) is 26.2 Å². The van der Waals surface area contributed by atoms with Crippen LogP contribution < -0.4 is 9.64 Å². The standard InChI is InChI=1S/C29H29FN4O2.C5H6O3/c1-3-22(35)16-20-6-4-7-23(17-20)36-29-24-8-5-9-26(24)31-28(32-29)19-21-10-11-27(25(30)18-21)34-14-12-33(2)13-15-34;1-4(6)2-3-5(7)8/h3-8,10-11,17-18H,1,9,12-16,19H2,2H3;2-3H,1H3,(H,7,8)/b;3-2-. The Kier molecular flexibility index (Phi) is 10.9. The Morgan fingerprint density at radius 3 is 2.48 bits per heavy atom. The summed E-state index contributed by atoms with van der Waals surface area (Å²) in [6.45, 7) is 8.31. The number of halogens is 1. The van der Waals surface area contributed by atoms with E-state index in [2.05, 4.69) is 28.4 Å². The smallest absolute Gasteiger partial charge is 0.328 e. The van der Waals surface area contributed by atoms with Gasteiger partial charge in [-0.15, -0.1) is 0 Å². The maximum Gasteiger partial charge on any atom is 0.328 e.